The monoisotopic (exact) mass is 225 g/mol. The fourth-order valence-corrected chi connectivity index (χ4v) is 1.79. The van der Waals surface area contributed by atoms with E-state index in [-0.39, 0.29) is 0 Å². The zero-order chi connectivity index (χ0) is 11.6. The van der Waals surface area contributed by atoms with Crippen molar-refractivity contribution in [2.45, 2.75) is 38.6 Å². The third-order valence-electron chi connectivity index (χ3n) is 2.65. The van der Waals surface area contributed by atoms with Gasteiger partial charge in [0.05, 0.1) is 12.5 Å². The summed E-state index contributed by atoms with van der Waals surface area (Å²) in [4.78, 5) is 0. The van der Waals surface area contributed by atoms with E-state index in [1.807, 2.05) is 12.3 Å². The lowest BCUT2D eigenvalue weighted by molar-refractivity contribution is 0.188. The van der Waals surface area contributed by atoms with Gasteiger partial charge in [-0.3, -0.25) is 0 Å². The van der Waals surface area contributed by atoms with Crippen LogP contribution >= 0.6 is 0 Å². The Kier molecular flexibility index (Phi) is 6.93. The molecule has 16 heavy (non-hydrogen) atoms. The first-order valence-corrected chi connectivity index (χ1v) is 6.10. The molecule has 0 amide bonds. The van der Waals surface area contributed by atoms with Gasteiger partial charge in [0.2, 0.25) is 0 Å². The number of ether oxygens (including phenoxy) is 1. The van der Waals surface area contributed by atoms with E-state index in [0.29, 0.717) is 6.04 Å². The molecule has 92 valence electrons. The smallest absolute Gasteiger partial charge is 0.0935 e. The predicted octanol–water partition coefficient (Wildman–Crippen LogP) is 2.62. The average molecular weight is 225 g/mol. The fraction of sp³-hybridized carbons (Fsp3) is 0.692. The molecule has 3 heteroatoms. The van der Waals surface area contributed by atoms with Crippen LogP contribution in [0.4, 0.5) is 0 Å². The molecular weight excluding hydrogens is 202 g/mol. The summed E-state index contributed by atoms with van der Waals surface area (Å²) in [5, 5.41) is 3.57. The molecule has 1 N–H and O–H groups in total. The normalized spacial score (nSPS) is 12.9. The molecule has 1 atom stereocenters. The minimum Gasteiger partial charge on any atom is -0.472 e. The minimum atomic E-state index is 0.535. The lowest BCUT2D eigenvalue weighted by atomic mass is 10.0. The molecule has 1 aromatic rings. The van der Waals surface area contributed by atoms with Crippen molar-refractivity contribution in [2.24, 2.45) is 0 Å². The Hall–Kier alpha value is -0.800. The molecule has 0 aliphatic rings. The molecule has 1 rings (SSSR count). The summed E-state index contributed by atoms with van der Waals surface area (Å²) in [6.07, 6.45) is 8.04. The average Bonchev–Trinajstić information content (AvgIpc) is 2.78. The van der Waals surface area contributed by atoms with E-state index >= 15 is 0 Å². The van der Waals surface area contributed by atoms with Crippen molar-refractivity contribution in [3.8, 4) is 0 Å². The van der Waals surface area contributed by atoms with Crippen LogP contribution in [0.2, 0.25) is 0 Å². The number of hydrogen-bond acceptors (Lipinski definition) is 3. The third-order valence-corrected chi connectivity index (χ3v) is 2.65. The van der Waals surface area contributed by atoms with Gasteiger partial charge in [-0.25, -0.2) is 0 Å². The SMILES string of the molecule is CCCNC(CCCOC)Cc1ccoc1. The summed E-state index contributed by atoms with van der Waals surface area (Å²) in [6.45, 7) is 4.11. The van der Waals surface area contributed by atoms with Crippen LogP contribution in [0.15, 0.2) is 23.0 Å². The van der Waals surface area contributed by atoms with Crippen LogP contribution in [-0.2, 0) is 11.2 Å². The number of nitrogens with one attached hydrogen (secondary N) is 1. The number of methoxy groups -OCH3 is 1. The van der Waals surface area contributed by atoms with Crippen molar-refractivity contribution in [1.82, 2.24) is 5.32 Å². The fourth-order valence-electron chi connectivity index (χ4n) is 1.79. The highest BCUT2D eigenvalue weighted by atomic mass is 16.5. The molecule has 0 radical (unpaired) electrons. The largest absolute Gasteiger partial charge is 0.472 e. The first-order valence-electron chi connectivity index (χ1n) is 6.10. The lowest BCUT2D eigenvalue weighted by Gasteiger charge is -2.17. The zero-order valence-corrected chi connectivity index (χ0v) is 10.4. The standard InChI is InChI=1S/C13H23NO2/c1-3-7-14-13(5-4-8-15-2)10-12-6-9-16-11-12/h6,9,11,13-14H,3-5,7-8,10H2,1-2H3. The van der Waals surface area contributed by atoms with E-state index in [4.69, 9.17) is 9.15 Å². The van der Waals surface area contributed by atoms with Crippen molar-refractivity contribution < 1.29 is 9.15 Å². The van der Waals surface area contributed by atoms with E-state index in [2.05, 4.69) is 12.2 Å². The van der Waals surface area contributed by atoms with Crippen LogP contribution < -0.4 is 5.32 Å². The maximum atomic E-state index is 5.09. The highest BCUT2D eigenvalue weighted by Crippen LogP contribution is 2.08. The second-order valence-corrected chi connectivity index (χ2v) is 4.12. The van der Waals surface area contributed by atoms with Gasteiger partial charge >= 0.3 is 0 Å². The van der Waals surface area contributed by atoms with Gasteiger partial charge in [0.1, 0.15) is 0 Å². The van der Waals surface area contributed by atoms with Gasteiger partial charge in [0.15, 0.2) is 0 Å². The van der Waals surface area contributed by atoms with Crippen molar-refractivity contribution in [2.75, 3.05) is 20.3 Å². The van der Waals surface area contributed by atoms with E-state index in [9.17, 15) is 0 Å². The van der Waals surface area contributed by atoms with Gasteiger partial charge in [-0.05, 0) is 43.9 Å². The quantitative estimate of drug-likeness (QED) is 0.656. The Morgan fingerprint density at radius 1 is 1.50 bits per heavy atom. The van der Waals surface area contributed by atoms with Gasteiger partial charge in [0, 0.05) is 19.8 Å². The number of furan rings is 1. The molecule has 0 spiro atoms. The van der Waals surface area contributed by atoms with Crippen LogP contribution in [0.5, 0.6) is 0 Å². The van der Waals surface area contributed by atoms with Crippen LogP contribution in [0.3, 0.4) is 0 Å². The molecule has 0 aromatic carbocycles. The van der Waals surface area contributed by atoms with Crippen LogP contribution in [0, 0.1) is 0 Å². The molecule has 3 nitrogen and oxygen atoms in total. The van der Waals surface area contributed by atoms with Gasteiger partial charge in [-0.2, -0.15) is 0 Å². The summed E-state index contributed by atoms with van der Waals surface area (Å²) in [5.74, 6) is 0. The molecule has 0 saturated carbocycles. The first-order chi connectivity index (χ1) is 7.86. The molecule has 0 fully saturated rings. The highest BCUT2D eigenvalue weighted by molar-refractivity contribution is 5.07. The topological polar surface area (TPSA) is 34.4 Å². The van der Waals surface area contributed by atoms with Crippen molar-refractivity contribution in [1.29, 1.82) is 0 Å². The summed E-state index contributed by atoms with van der Waals surface area (Å²) < 4.78 is 10.2. The molecule has 0 aliphatic carbocycles. The maximum Gasteiger partial charge on any atom is 0.0935 e. The summed E-state index contributed by atoms with van der Waals surface area (Å²) in [7, 11) is 1.75. The predicted molar refractivity (Wildman–Crippen MR) is 65.6 cm³/mol. The van der Waals surface area contributed by atoms with Crippen molar-refractivity contribution >= 4 is 0 Å². The van der Waals surface area contributed by atoms with Gasteiger partial charge < -0.3 is 14.5 Å². The maximum absolute atomic E-state index is 5.09. The summed E-state index contributed by atoms with van der Waals surface area (Å²) in [5.41, 5.74) is 1.27. The van der Waals surface area contributed by atoms with Gasteiger partial charge in [-0.1, -0.05) is 6.92 Å². The van der Waals surface area contributed by atoms with E-state index in [0.717, 1.165) is 32.4 Å². The van der Waals surface area contributed by atoms with Crippen LogP contribution in [-0.4, -0.2) is 26.3 Å². The molecule has 0 bridgehead atoms. The Labute approximate surface area is 98.2 Å². The van der Waals surface area contributed by atoms with Crippen molar-refractivity contribution in [3.05, 3.63) is 24.2 Å². The Bertz CT molecular complexity index is 246. The molecule has 0 aliphatic heterocycles. The highest BCUT2D eigenvalue weighted by Gasteiger charge is 2.09. The number of hydrogen-bond donors (Lipinski definition) is 1. The Morgan fingerprint density at radius 2 is 2.38 bits per heavy atom. The number of rotatable bonds is 9. The summed E-state index contributed by atoms with van der Waals surface area (Å²) in [6, 6.07) is 2.57. The van der Waals surface area contributed by atoms with E-state index in [1.165, 1.54) is 12.0 Å². The summed E-state index contributed by atoms with van der Waals surface area (Å²) >= 11 is 0. The minimum absolute atomic E-state index is 0.535. The molecular formula is C13H23NO2. The molecule has 1 unspecified atom stereocenters. The van der Waals surface area contributed by atoms with E-state index < -0.39 is 0 Å². The van der Waals surface area contributed by atoms with Gasteiger partial charge in [0.25, 0.3) is 0 Å². The first kappa shape index (κ1) is 13.3. The second-order valence-electron chi connectivity index (χ2n) is 4.12. The molecule has 0 saturated heterocycles. The van der Waals surface area contributed by atoms with Crippen LogP contribution in [0.1, 0.15) is 31.7 Å². The Balaban J connectivity index is 2.31. The third kappa shape index (κ3) is 5.33. The molecule has 1 heterocycles. The Morgan fingerprint density at radius 3 is 3.00 bits per heavy atom. The van der Waals surface area contributed by atoms with Crippen LogP contribution in [0.25, 0.3) is 0 Å². The zero-order valence-electron chi connectivity index (χ0n) is 10.4. The van der Waals surface area contributed by atoms with E-state index in [1.54, 1.807) is 13.4 Å². The van der Waals surface area contributed by atoms with Crippen molar-refractivity contribution in [3.63, 3.8) is 0 Å². The lowest BCUT2D eigenvalue weighted by Crippen LogP contribution is -2.32. The van der Waals surface area contributed by atoms with Gasteiger partial charge in [-0.15, -0.1) is 0 Å². The molecule has 1 aromatic heterocycles. The second kappa shape index (κ2) is 8.36.